The van der Waals surface area contributed by atoms with Gasteiger partial charge in [0.05, 0.1) is 18.7 Å². The van der Waals surface area contributed by atoms with Crippen molar-refractivity contribution in [1.29, 1.82) is 0 Å². The van der Waals surface area contributed by atoms with Gasteiger partial charge >= 0.3 is 0 Å². The van der Waals surface area contributed by atoms with E-state index in [-0.39, 0.29) is 5.91 Å². The van der Waals surface area contributed by atoms with Gasteiger partial charge < -0.3 is 10.1 Å². The van der Waals surface area contributed by atoms with Crippen LogP contribution in [0.5, 0.6) is 5.75 Å². The van der Waals surface area contributed by atoms with Crippen LogP contribution in [-0.2, 0) is 11.2 Å². The van der Waals surface area contributed by atoms with Crippen LogP contribution in [0.1, 0.15) is 48.3 Å². The average Bonchev–Trinajstić information content (AvgIpc) is 3.43. The predicted octanol–water partition coefficient (Wildman–Crippen LogP) is 5.60. The molecule has 1 heterocycles. The van der Waals surface area contributed by atoms with Crippen LogP contribution in [0.15, 0.2) is 40.9 Å². The molecule has 1 amide bonds. The Morgan fingerprint density at radius 2 is 1.96 bits per heavy atom. The molecule has 0 radical (unpaired) electrons. The minimum absolute atomic E-state index is 0.00929. The molecule has 0 bridgehead atoms. The Balaban J connectivity index is 1.58. The number of rotatable bonds is 4. The lowest BCUT2D eigenvalue weighted by Gasteiger charge is -2.19. The van der Waals surface area contributed by atoms with Gasteiger partial charge in [0.25, 0.3) is 0 Å². The lowest BCUT2D eigenvalue weighted by molar-refractivity contribution is -0.115. The van der Waals surface area contributed by atoms with Gasteiger partial charge in [0.15, 0.2) is 0 Å². The maximum atomic E-state index is 12.6. The Kier molecular flexibility index (Phi) is 5.03. The second-order valence-electron chi connectivity index (χ2n) is 7.52. The molecular formula is C22H24BrNO2. The first-order chi connectivity index (χ1) is 12.6. The van der Waals surface area contributed by atoms with Crippen molar-refractivity contribution < 1.29 is 9.53 Å². The van der Waals surface area contributed by atoms with E-state index in [1.54, 1.807) is 0 Å². The van der Waals surface area contributed by atoms with E-state index >= 15 is 0 Å². The summed E-state index contributed by atoms with van der Waals surface area (Å²) in [5.74, 6) is 2.20. The van der Waals surface area contributed by atoms with Gasteiger partial charge in [0.2, 0.25) is 5.91 Å². The first-order valence-corrected chi connectivity index (χ1v) is 10.2. The van der Waals surface area contributed by atoms with Crippen molar-refractivity contribution in [3.63, 3.8) is 0 Å². The molecule has 0 aromatic heterocycles. The smallest absolute Gasteiger partial charge is 0.228 e. The van der Waals surface area contributed by atoms with Crippen molar-refractivity contribution in [2.45, 2.75) is 44.9 Å². The molecule has 1 unspecified atom stereocenters. The largest absolute Gasteiger partial charge is 0.491 e. The van der Waals surface area contributed by atoms with E-state index < -0.39 is 0 Å². The highest BCUT2D eigenvalue weighted by molar-refractivity contribution is 9.10. The number of carbonyl (C=O) groups is 1. The Hall–Kier alpha value is -1.81. The van der Waals surface area contributed by atoms with Crippen LogP contribution in [-0.4, -0.2) is 12.5 Å². The highest BCUT2D eigenvalue weighted by Gasteiger charge is 2.35. The molecule has 1 atom stereocenters. The third-order valence-electron chi connectivity index (χ3n) is 5.34. The van der Waals surface area contributed by atoms with E-state index in [2.05, 4.69) is 27.3 Å². The zero-order chi connectivity index (χ0) is 18.1. The molecule has 1 fully saturated rings. The molecule has 0 spiro atoms. The van der Waals surface area contributed by atoms with Gasteiger partial charge in [-0.15, -0.1) is 0 Å². The van der Waals surface area contributed by atoms with E-state index in [0.29, 0.717) is 12.3 Å². The lowest BCUT2D eigenvalue weighted by atomic mass is 9.89. The zero-order valence-corrected chi connectivity index (χ0v) is 16.6. The number of benzene rings is 2. The summed E-state index contributed by atoms with van der Waals surface area (Å²) in [5, 5.41) is 3.09. The number of anilines is 1. The third-order valence-corrected chi connectivity index (χ3v) is 5.80. The summed E-state index contributed by atoms with van der Waals surface area (Å²) in [5.41, 5.74) is 4.26. The molecular weight excluding hydrogens is 390 g/mol. The van der Waals surface area contributed by atoms with Crippen molar-refractivity contribution in [2.24, 2.45) is 5.92 Å². The number of hydrogen-bond acceptors (Lipinski definition) is 2. The van der Waals surface area contributed by atoms with Crippen LogP contribution in [0.2, 0.25) is 0 Å². The Labute approximate surface area is 163 Å². The lowest BCUT2D eigenvalue weighted by Crippen LogP contribution is -2.16. The van der Waals surface area contributed by atoms with Crippen LogP contribution in [0.25, 0.3) is 0 Å². The number of aryl methyl sites for hydroxylation is 1. The van der Waals surface area contributed by atoms with Crippen LogP contribution < -0.4 is 10.1 Å². The van der Waals surface area contributed by atoms with E-state index in [9.17, 15) is 4.79 Å². The average molecular weight is 414 g/mol. The molecule has 1 N–H and O–H groups in total. The fourth-order valence-corrected chi connectivity index (χ4v) is 4.33. The van der Waals surface area contributed by atoms with Gasteiger partial charge in [0, 0.05) is 10.0 Å². The molecule has 26 heavy (non-hydrogen) atoms. The van der Waals surface area contributed by atoms with Gasteiger partial charge in [0.1, 0.15) is 5.75 Å². The first kappa shape index (κ1) is 17.6. The number of nitrogens with one attached hydrogen (secondary N) is 1. The normalized spacial score (nSPS) is 19.2. The molecule has 4 heteroatoms. The Bertz CT molecular complexity index is 812. The number of carbonyl (C=O) groups excluding carboxylic acids is 1. The van der Waals surface area contributed by atoms with Crippen molar-refractivity contribution in [3.8, 4) is 5.75 Å². The van der Waals surface area contributed by atoms with Gasteiger partial charge in [-0.2, -0.15) is 0 Å². The van der Waals surface area contributed by atoms with Gasteiger partial charge in [-0.05, 0) is 62.1 Å². The highest BCUT2D eigenvalue weighted by atomic mass is 79.9. The molecule has 136 valence electrons. The Morgan fingerprint density at radius 3 is 2.69 bits per heavy atom. The summed E-state index contributed by atoms with van der Waals surface area (Å²) in [4.78, 5) is 12.6. The fourth-order valence-electron chi connectivity index (χ4n) is 3.85. The summed E-state index contributed by atoms with van der Waals surface area (Å²) in [6.45, 7) is 2.77. The second kappa shape index (κ2) is 7.43. The quantitative estimate of drug-likeness (QED) is 0.707. The Morgan fingerprint density at radius 1 is 1.19 bits per heavy atom. The summed E-state index contributed by atoms with van der Waals surface area (Å²) in [7, 11) is 0. The van der Waals surface area contributed by atoms with Crippen molar-refractivity contribution >= 4 is 27.5 Å². The van der Waals surface area contributed by atoms with Crippen LogP contribution in [0.3, 0.4) is 0 Å². The van der Waals surface area contributed by atoms with Crippen molar-refractivity contribution in [1.82, 2.24) is 0 Å². The maximum Gasteiger partial charge on any atom is 0.228 e. The molecule has 2 aromatic rings. The van der Waals surface area contributed by atoms with E-state index in [4.69, 9.17) is 4.74 Å². The fraction of sp³-hybridized carbons (Fsp3) is 0.409. The van der Waals surface area contributed by atoms with Crippen LogP contribution in [0.4, 0.5) is 5.69 Å². The minimum Gasteiger partial charge on any atom is -0.491 e. The SMILES string of the molecule is Cc1ccc(CC(=O)Nc2cc(Br)cc3c2OCCCC3C2CC2)cc1. The number of fused-ring (bicyclic) bond motifs is 1. The number of halogens is 1. The third kappa shape index (κ3) is 3.96. The van der Waals surface area contributed by atoms with Gasteiger partial charge in [-0.25, -0.2) is 0 Å². The molecule has 3 nitrogen and oxygen atoms in total. The first-order valence-electron chi connectivity index (χ1n) is 9.42. The molecule has 1 aliphatic carbocycles. The standard InChI is InChI=1S/C22H24BrNO2/c1-14-4-6-15(7-5-14)11-21(25)24-20-13-17(23)12-19-18(16-8-9-16)3-2-10-26-22(19)20/h4-7,12-13,16,18H,2-3,8-11H2,1H3,(H,24,25). The molecule has 4 rings (SSSR count). The zero-order valence-electron chi connectivity index (χ0n) is 15.1. The number of hydrogen-bond donors (Lipinski definition) is 1. The van der Waals surface area contributed by atoms with Crippen LogP contribution >= 0.6 is 15.9 Å². The molecule has 1 aliphatic heterocycles. The topological polar surface area (TPSA) is 38.3 Å². The van der Waals surface area contributed by atoms with Crippen molar-refractivity contribution in [3.05, 3.63) is 57.6 Å². The van der Waals surface area contributed by atoms with E-state index in [0.717, 1.165) is 40.4 Å². The summed E-state index contributed by atoms with van der Waals surface area (Å²) >= 11 is 3.62. The number of amides is 1. The minimum atomic E-state index is -0.00929. The van der Waals surface area contributed by atoms with Crippen molar-refractivity contribution in [2.75, 3.05) is 11.9 Å². The maximum absolute atomic E-state index is 12.6. The second-order valence-corrected chi connectivity index (χ2v) is 8.43. The monoisotopic (exact) mass is 413 g/mol. The summed E-state index contributed by atoms with van der Waals surface area (Å²) < 4.78 is 7.07. The molecule has 2 aromatic carbocycles. The summed E-state index contributed by atoms with van der Waals surface area (Å²) in [6, 6.07) is 12.2. The van der Waals surface area contributed by atoms with E-state index in [1.807, 2.05) is 37.3 Å². The molecule has 1 saturated carbocycles. The van der Waals surface area contributed by atoms with Gasteiger partial charge in [-0.3, -0.25) is 4.79 Å². The molecule has 0 saturated heterocycles. The number of ether oxygens (including phenoxy) is 1. The van der Waals surface area contributed by atoms with E-state index in [1.165, 1.54) is 30.4 Å². The summed E-state index contributed by atoms with van der Waals surface area (Å²) in [6.07, 6.45) is 5.24. The van der Waals surface area contributed by atoms with Gasteiger partial charge in [-0.1, -0.05) is 45.8 Å². The van der Waals surface area contributed by atoms with Crippen LogP contribution in [0, 0.1) is 12.8 Å². The highest BCUT2D eigenvalue weighted by Crippen LogP contribution is 2.51. The predicted molar refractivity (Wildman–Crippen MR) is 108 cm³/mol. The molecule has 2 aliphatic rings.